The van der Waals surface area contributed by atoms with E-state index in [2.05, 4.69) is 4.90 Å². The number of hydrogen-bond acceptors (Lipinski definition) is 5. The predicted octanol–water partition coefficient (Wildman–Crippen LogP) is -1.06. The van der Waals surface area contributed by atoms with Crippen molar-refractivity contribution in [2.24, 2.45) is 0 Å². The fourth-order valence-electron chi connectivity index (χ4n) is 2.77. The van der Waals surface area contributed by atoms with Gasteiger partial charge in [-0.25, -0.2) is 0 Å². The molecule has 0 bridgehead atoms. The van der Waals surface area contributed by atoms with Crippen molar-refractivity contribution in [1.29, 1.82) is 0 Å². The minimum Gasteiger partial charge on any atom is -0.480 e. The van der Waals surface area contributed by atoms with Gasteiger partial charge in [-0.1, -0.05) is 0 Å². The van der Waals surface area contributed by atoms with Gasteiger partial charge in [-0.2, -0.15) is 0 Å². The lowest BCUT2D eigenvalue weighted by Crippen LogP contribution is -2.61. The molecule has 2 rings (SSSR count). The van der Waals surface area contributed by atoms with Crippen LogP contribution in [-0.4, -0.2) is 97.3 Å². The first-order valence-electron chi connectivity index (χ1n) is 6.94. The van der Waals surface area contributed by atoms with Crippen LogP contribution in [0.3, 0.4) is 0 Å². The van der Waals surface area contributed by atoms with Crippen molar-refractivity contribution in [3.8, 4) is 0 Å². The van der Waals surface area contributed by atoms with Gasteiger partial charge in [0, 0.05) is 53.3 Å². The third kappa shape index (κ3) is 2.94. The van der Waals surface area contributed by atoms with Crippen LogP contribution < -0.4 is 0 Å². The smallest absolute Gasteiger partial charge is 0.326 e. The van der Waals surface area contributed by atoms with Crippen LogP contribution in [-0.2, 0) is 14.3 Å². The molecule has 114 valence electrons. The Morgan fingerprint density at radius 2 is 1.90 bits per heavy atom. The molecule has 0 aromatic heterocycles. The molecular weight excluding hydrogens is 262 g/mol. The fraction of sp³-hybridized carbons (Fsp3) is 0.846. The van der Waals surface area contributed by atoms with Crippen molar-refractivity contribution in [1.82, 2.24) is 14.7 Å². The molecule has 0 spiro atoms. The Balaban J connectivity index is 1.90. The van der Waals surface area contributed by atoms with E-state index in [0.29, 0.717) is 45.8 Å². The fourth-order valence-corrected chi connectivity index (χ4v) is 2.77. The highest BCUT2D eigenvalue weighted by molar-refractivity contribution is 5.79. The summed E-state index contributed by atoms with van der Waals surface area (Å²) in [5.41, 5.74) is -0.863. The van der Waals surface area contributed by atoms with Crippen LogP contribution in [0.2, 0.25) is 0 Å². The van der Waals surface area contributed by atoms with Gasteiger partial charge >= 0.3 is 5.97 Å². The van der Waals surface area contributed by atoms with Gasteiger partial charge in [0.1, 0.15) is 5.54 Å². The summed E-state index contributed by atoms with van der Waals surface area (Å²) < 4.78 is 5.30. The third-order valence-electron chi connectivity index (χ3n) is 4.23. The largest absolute Gasteiger partial charge is 0.480 e. The number of carbonyl (C=O) groups excluding carboxylic acids is 1. The highest BCUT2D eigenvalue weighted by Gasteiger charge is 2.48. The molecule has 7 heteroatoms. The molecule has 20 heavy (non-hydrogen) atoms. The van der Waals surface area contributed by atoms with Gasteiger partial charge in [0.15, 0.2) is 0 Å². The average Bonchev–Trinajstić information content (AvgIpc) is 2.90. The molecule has 1 N–H and O–H groups in total. The molecule has 2 heterocycles. The molecule has 0 aliphatic carbocycles. The highest BCUT2D eigenvalue weighted by atomic mass is 16.5. The number of hydrogen-bond donors (Lipinski definition) is 1. The number of likely N-dealkylation sites (N-methyl/N-ethyl adjacent to an activating group) is 1. The summed E-state index contributed by atoms with van der Waals surface area (Å²) in [7, 11) is 3.49. The van der Waals surface area contributed by atoms with Crippen molar-refractivity contribution in [2.75, 3.05) is 60.0 Å². The van der Waals surface area contributed by atoms with Crippen molar-refractivity contribution >= 4 is 11.9 Å². The summed E-state index contributed by atoms with van der Waals surface area (Å²) in [4.78, 5) is 28.9. The Morgan fingerprint density at radius 1 is 1.25 bits per heavy atom. The quantitative estimate of drug-likeness (QED) is 0.709. The number of carboxylic acids is 1. The second-order valence-electron chi connectivity index (χ2n) is 5.69. The second kappa shape index (κ2) is 6.07. The zero-order valence-electron chi connectivity index (χ0n) is 12.2. The van der Waals surface area contributed by atoms with Gasteiger partial charge in [0.25, 0.3) is 0 Å². The Morgan fingerprint density at radius 3 is 2.35 bits per heavy atom. The lowest BCUT2D eigenvalue weighted by molar-refractivity contribution is -0.153. The van der Waals surface area contributed by atoms with E-state index in [-0.39, 0.29) is 12.5 Å². The minimum atomic E-state index is -0.863. The maximum Gasteiger partial charge on any atom is 0.326 e. The van der Waals surface area contributed by atoms with E-state index in [0.717, 1.165) is 0 Å². The standard InChI is InChI=1S/C13H23N3O4/c1-14(2)11(17)9-15-4-6-16(7-5-15)13(12(18)19)3-8-20-10-13/h3-10H2,1-2H3,(H,18,19). The summed E-state index contributed by atoms with van der Waals surface area (Å²) in [6.45, 7) is 3.93. The van der Waals surface area contributed by atoms with Crippen LogP contribution in [0.15, 0.2) is 0 Å². The first kappa shape index (κ1) is 15.2. The molecule has 2 saturated heterocycles. The topological polar surface area (TPSA) is 73.3 Å². The lowest BCUT2D eigenvalue weighted by Gasteiger charge is -2.42. The van der Waals surface area contributed by atoms with E-state index >= 15 is 0 Å². The lowest BCUT2D eigenvalue weighted by atomic mass is 9.95. The average molecular weight is 285 g/mol. The van der Waals surface area contributed by atoms with Crippen LogP contribution >= 0.6 is 0 Å². The van der Waals surface area contributed by atoms with Crippen LogP contribution in [0.4, 0.5) is 0 Å². The number of rotatable bonds is 4. The van der Waals surface area contributed by atoms with Gasteiger partial charge in [0.05, 0.1) is 13.2 Å². The summed E-state index contributed by atoms with van der Waals surface area (Å²) in [6, 6.07) is 0. The normalized spacial score (nSPS) is 28.5. The Labute approximate surface area is 119 Å². The number of ether oxygens (including phenoxy) is 1. The maximum atomic E-state index is 11.7. The number of aliphatic carboxylic acids is 1. The van der Waals surface area contributed by atoms with E-state index in [1.807, 2.05) is 4.90 Å². The molecule has 1 atom stereocenters. The van der Waals surface area contributed by atoms with Crippen molar-refractivity contribution in [3.05, 3.63) is 0 Å². The molecule has 2 aliphatic rings. The van der Waals surface area contributed by atoms with Crippen LogP contribution in [0.25, 0.3) is 0 Å². The van der Waals surface area contributed by atoms with Gasteiger partial charge in [-0.05, 0) is 0 Å². The van der Waals surface area contributed by atoms with Crippen LogP contribution in [0.5, 0.6) is 0 Å². The molecular formula is C13H23N3O4. The van der Waals surface area contributed by atoms with Gasteiger partial charge in [-0.3, -0.25) is 19.4 Å². The summed E-state index contributed by atoms with van der Waals surface area (Å²) in [5.74, 6) is -0.719. The SMILES string of the molecule is CN(C)C(=O)CN1CCN(C2(C(=O)O)CCOC2)CC1. The Bertz CT molecular complexity index is 372. The number of amides is 1. The monoisotopic (exact) mass is 285 g/mol. The van der Waals surface area contributed by atoms with E-state index in [4.69, 9.17) is 4.74 Å². The summed E-state index contributed by atoms with van der Waals surface area (Å²) in [5, 5.41) is 9.50. The first-order chi connectivity index (χ1) is 9.45. The molecule has 0 aromatic carbocycles. The van der Waals surface area contributed by atoms with Crippen LogP contribution in [0.1, 0.15) is 6.42 Å². The molecule has 1 amide bonds. The maximum absolute atomic E-state index is 11.7. The van der Waals surface area contributed by atoms with E-state index < -0.39 is 11.5 Å². The number of carboxylic acid groups (broad SMARTS) is 1. The van der Waals surface area contributed by atoms with Gasteiger partial charge in [-0.15, -0.1) is 0 Å². The van der Waals surface area contributed by atoms with Crippen molar-refractivity contribution < 1.29 is 19.4 Å². The minimum absolute atomic E-state index is 0.0793. The molecule has 0 radical (unpaired) electrons. The van der Waals surface area contributed by atoms with Crippen LogP contribution in [0, 0.1) is 0 Å². The zero-order valence-corrected chi connectivity index (χ0v) is 12.2. The summed E-state index contributed by atoms with van der Waals surface area (Å²) >= 11 is 0. The zero-order chi connectivity index (χ0) is 14.8. The highest BCUT2D eigenvalue weighted by Crippen LogP contribution is 2.27. The van der Waals surface area contributed by atoms with E-state index in [1.165, 1.54) is 0 Å². The summed E-state index contributed by atoms with van der Waals surface area (Å²) in [6.07, 6.45) is 0.541. The number of piperazine rings is 1. The molecule has 7 nitrogen and oxygen atoms in total. The van der Waals surface area contributed by atoms with Gasteiger partial charge < -0.3 is 14.7 Å². The first-order valence-corrected chi connectivity index (χ1v) is 6.94. The van der Waals surface area contributed by atoms with Gasteiger partial charge in [0.2, 0.25) is 5.91 Å². The van der Waals surface area contributed by atoms with E-state index in [1.54, 1.807) is 19.0 Å². The Hall–Kier alpha value is -1.18. The number of nitrogens with zero attached hydrogens (tertiary/aromatic N) is 3. The number of carbonyl (C=O) groups is 2. The molecule has 0 aromatic rings. The third-order valence-corrected chi connectivity index (χ3v) is 4.23. The molecule has 1 unspecified atom stereocenters. The molecule has 0 saturated carbocycles. The van der Waals surface area contributed by atoms with Crippen molar-refractivity contribution in [2.45, 2.75) is 12.0 Å². The molecule has 2 fully saturated rings. The second-order valence-corrected chi connectivity index (χ2v) is 5.69. The predicted molar refractivity (Wildman–Crippen MR) is 72.5 cm³/mol. The Kier molecular flexibility index (Phi) is 4.62. The van der Waals surface area contributed by atoms with Crippen molar-refractivity contribution in [3.63, 3.8) is 0 Å². The molecule has 2 aliphatic heterocycles. The van der Waals surface area contributed by atoms with E-state index in [9.17, 15) is 14.7 Å².